The normalized spacial score (nSPS) is 17.3. The Morgan fingerprint density at radius 3 is 3.00 bits per heavy atom. The average Bonchev–Trinajstić information content (AvgIpc) is 3.18. The van der Waals surface area contributed by atoms with E-state index in [-0.39, 0.29) is 23.5 Å². The molecule has 0 spiro atoms. The molecule has 7 nitrogen and oxygen atoms in total. The highest BCUT2D eigenvalue weighted by molar-refractivity contribution is 7.99. The van der Waals surface area contributed by atoms with Gasteiger partial charge in [0.1, 0.15) is 0 Å². The van der Waals surface area contributed by atoms with E-state index >= 15 is 0 Å². The highest BCUT2D eigenvalue weighted by Gasteiger charge is 2.20. The number of anilines is 1. The predicted molar refractivity (Wildman–Crippen MR) is 87.6 cm³/mol. The summed E-state index contributed by atoms with van der Waals surface area (Å²) in [6.45, 7) is 1.21. The third-order valence-corrected chi connectivity index (χ3v) is 4.50. The first-order valence-corrected chi connectivity index (χ1v) is 8.45. The van der Waals surface area contributed by atoms with E-state index in [0.29, 0.717) is 11.7 Å². The van der Waals surface area contributed by atoms with Crippen molar-refractivity contribution < 1.29 is 9.53 Å². The number of thioether (sulfide) groups is 1. The molecule has 1 aromatic carbocycles. The van der Waals surface area contributed by atoms with Crippen LogP contribution in [0.1, 0.15) is 12.8 Å². The second-order valence-electron chi connectivity index (χ2n) is 5.26. The summed E-state index contributed by atoms with van der Waals surface area (Å²) in [5, 5.41) is 9.73. The highest BCUT2D eigenvalue weighted by atomic mass is 32.2. The van der Waals surface area contributed by atoms with Gasteiger partial charge in [0.25, 0.3) is 0 Å². The van der Waals surface area contributed by atoms with E-state index in [9.17, 15) is 9.59 Å². The molecule has 0 unspecified atom stereocenters. The van der Waals surface area contributed by atoms with Gasteiger partial charge in [-0.15, -0.1) is 5.10 Å². The first kappa shape index (κ1) is 15.8. The number of carbonyl (C=O) groups is 1. The number of benzene rings is 1. The van der Waals surface area contributed by atoms with Gasteiger partial charge in [-0.1, -0.05) is 30.0 Å². The lowest BCUT2D eigenvalue weighted by atomic mass is 10.2. The number of nitrogens with zero attached hydrogens (tertiary/aromatic N) is 2. The lowest BCUT2D eigenvalue weighted by Gasteiger charge is -2.11. The minimum absolute atomic E-state index is 0.0443. The Labute approximate surface area is 137 Å². The highest BCUT2D eigenvalue weighted by Crippen LogP contribution is 2.18. The van der Waals surface area contributed by atoms with E-state index in [2.05, 4.69) is 15.5 Å². The quantitative estimate of drug-likeness (QED) is 0.781. The summed E-state index contributed by atoms with van der Waals surface area (Å²) in [5.74, 6) is 0.0466. The first-order chi connectivity index (χ1) is 11.2. The molecule has 1 aliphatic rings. The SMILES string of the molecule is O=C(CSc1n[nH]c(=O)n1C[C@@H]1CCCO1)Nc1ccccc1. The van der Waals surface area contributed by atoms with Crippen molar-refractivity contribution in [3.8, 4) is 0 Å². The van der Waals surface area contributed by atoms with Crippen molar-refractivity contribution in [1.82, 2.24) is 14.8 Å². The summed E-state index contributed by atoms with van der Waals surface area (Å²) in [6.07, 6.45) is 2.00. The fourth-order valence-electron chi connectivity index (χ4n) is 2.42. The number of aromatic amines is 1. The van der Waals surface area contributed by atoms with Gasteiger partial charge >= 0.3 is 5.69 Å². The van der Waals surface area contributed by atoms with Crippen molar-refractivity contribution in [1.29, 1.82) is 0 Å². The van der Waals surface area contributed by atoms with Crippen LogP contribution in [0, 0.1) is 0 Å². The molecule has 1 saturated heterocycles. The van der Waals surface area contributed by atoms with Gasteiger partial charge in [-0.05, 0) is 25.0 Å². The third-order valence-electron chi connectivity index (χ3n) is 3.52. The van der Waals surface area contributed by atoms with Crippen LogP contribution in [0.4, 0.5) is 5.69 Å². The minimum Gasteiger partial charge on any atom is -0.376 e. The van der Waals surface area contributed by atoms with Crippen LogP contribution in [0.5, 0.6) is 0 Å². The molecule has 23 heavy (non-hydrogen) atoms. The summed E-state index contributed by atoms with van der Waals surface area (Å²) in [4.78, 5) is 23.8. The molecule has 0 radical (unpaired) electrons. The van der Waals surface area contributed by atoms with Crippen molar-refractivity contribution in [3.05, 3.63) is 40.8 Å². The number of para-hydroxylation sites is 1. The Balaban J connectivity index is 1.57. The Morgan fingerprint density at radius 2 is 2.26 bits per heavy atom. The number of amides is 1. The van der Waals surface area contributed by atoms with Crippen molar-refractivity contribution in [2.75, 3.05) is 17.7 Å². The van der Waals surface area contributed by atoms with Gasteiger partial charge in [0.15, 0.2) is 5.16 Å². The molecule has 0 saturated carbocycles. The summed E-state index contributed by atoms with van der Waals surface area (Å²) >= 11 is 1.23. The van der Waals surface area contributed by atoms with E-state index in [1.165, 1.54) is 16.3 Å². The van der Waals surface area contributed by atoms with Gasteiger partial charge in [-0.3, -0.25) is 9.36 Å². The molecule has 2 N–H and O–H groups in total. The van der Waals surface area contributed by atoms with Crippen LogP contribution < -0.4 is 11.0 Å². The number of hydrogen-bond donors (Lipinski definition) is 2. The molecular weight excluding hydrogens is 316 g/mol. The molecule has 8 heteroatoms. The summed E-state index contributed by atoms with van der Waals surface area (Å²) in [6, 6.07) is 9.25. The van der Waals surface area contributed by atoms with Crippen molar-refractivity contribution in [2.45, 2.75) is 30.6 Å². The Hall–Kier alpha value is -2.06. The topological polar surface area (TPSA) is 89.0 Å². The lowest BCUT2D eigenvalue weighted by molar-refractivity contribution is -0.113. The number of hydrogen-bond acceptors (Lipinski definition) is 5. The largest absolute Gasteiger partial charge is 0.376 e. The van der Waals surface area contributed by atoms with E-state index in [4.69, 9.17) is 4.74 Å². The van der Waals surface area contributed by atoms with Gasteiger partial charge in [-0.2, -0.15) is 0 Å². The fraction of sp³-hybridized carbons (Fsp3) is 0.400. The van der Waals surface area contributed by atoms with Gasteiger partial charge < -0.3 is 10.1 Å². The minimum atomic E-state index is -0.272. The summed E-state index contributed by atoms with van der Waals surface area (Å²) in [5.41, 5.74) is 0.475. The Kier molecular flexibility index (Phi) is 5.14. The first-order valence-electron chi connectivity index (χ1n) is 7.47. The Morgan fingerprint density at radius 1 is 1.43 bits per heavy atom. The third kappa shape index (κ3) is 4.23. The zero-order chi connectivity index (χ0) is 16.1. The molecule has 1 aromatic heterocycles. The van der Waals surface area contributed by atoms with Gasteiger partial charge in [0.2, 0.25) is 5.91 Å². The van der Waals surface area contributed by atoms with E-state index in [0.717, 1.165) is 25.1 Å². The van der Waals surface area contributed by atoms with Crippen LogP contribution in [-0.4, -0.2) is 39.1 Å². The number of rotatable bonds is 6. The number of carbonyl (C=O) groups excluding carboxylic acids is 1. The maximum Gasteiger partial charge on any atom is 0.344 e. The predicted octanol–water partition coefficient (Wildman–Crippen LogP) is 1.48. The maximum atomic E-state index is 12.0. The van der Waals surface area contributed by atoms with E-state index < -0.39 is 0 Å². The zero-order valence-electron chi connectivity index (χ0n) is 12.5. The van der Waals surface area contributed by atoms with Crippen molar-refractivity contribution >= 4 is 23.4 Å². The van der Waals surface area contributed by atoms with Gasteiger partial charge in [0, 0.05) is 12.3 Å². The molecule has 1 atom stereocenters. The molecule has 0 bridgehead atoms. The van der Waals surface area contributed by atoms with Crippen LogP contribution in [-0.2, 0) is 16.1 Å². The monoisotopic (exact) mass is 334 g/mol. The van der Waals surface area contributed by atoms with Crippen LogP contribution >= 0.6 is 11.8 Å². The number of ether oxygens (including phenoxy) is 1. The second-order valence-corrected chi connectivity index (χ2v) is 6.20. The molecule has 1 amide bonds. The summed E-state index contributed by atoms with van der Waals surface area (Å²) < 4.78 is 7.09. The number of H-pyrrole nitrogens is 1. The van der Waals surface area contributed by atoms with Crippen molar-refractivity contribution in [2.24, 2.45) is 0 Å². The number of nitrogens with one attached hydrogen (secondary N) is 2. The summed E-state index contributed by atoms with van der Waals surface area (Å²) in [7, 11) is 0. The molecule has 1 fully saturated rings. The standard InChI is InChI=1S/C15H18N4O3S/c20-13(16-11-5-2-1-3-6-11)10-23-15-18-17-14(21)19(15)9-12-7-4-8-22-12/h1-3,5-6,12H,4,7-10H2,(H,16,20)(H,17,21)/t12-/m0/s1. The molecule has 2 aromatic rings. The average molecular weight is 334 g/mol. The lowest BCUT2D eigenvalue weighted by Crippen LogP contribution is -2.25. The fourth-order valence-corrected chi connectivity index (χ4v) is 3.17. The van der Waals surface area contributed by atoms with Gasteiger partial charge in [-0.25, -0.2) is 9.89 Å². The van der Waals surface area contributed by atoms with Gasteiger partial charge in [0.05, 0.1) is 18.4 Å². The smallest absolute Gasteiger partial charge is 0.344 e. The Bertz CT molecular complexity index is 707. The van der Waals surface area contributed by atoms with E-state index in [1.54, 1.807) is 0 Å². The van der Waals surface area contributed by atoms with Crippen LogP contribution in [0.15, 0.2) is 40.3 Å². The zero-order valence-corrected chi connectivity index (χ0v) is 13.3. The van der Waals surface area contributed by atoms with E-state index in [1.807, 2.05) is 30.3 Å². The molecule has 0 aliphatic carbocycles. The van der Waals surface area contributed by atoms with Crippen LogP contribution in [0.3, 0.4) is 0 Å². The molecule has 2 heterocycles. The van der Waals surface area contributed by atoms with Crippen molar-refractivity contribution in [3.63, 3.8) is 0 Å². The molecule has 3 rings (SSSR count). The number of aromatic nitrogens is 3. The molecule has 1 aliphatic heterocycles. The second kappa shape index (κ2) is 7.47. The molecular formula is C15H18N4O3S. The maximum absolute atomic E-state index is 12.0. The van der Waals surface area contributed by atoms with Crippen LogP contribution in [0.2, 0.25) is 0 Å². The molecule has 122 valence electrons. The van der Waals surface area contributed by atoms with Crippen LogP contribution in [0.25, 0.3) is 0 Å².